The predicted molar refractivity (Wildman–Crippen MR) is 245 cm³/mol. The fraction of sp³-hybridized carbons (Fsp3) is 0.196. The molecule has 2 aliphatic rings. The molecule has 8 rings (SSSR count). The first kappa shape index (κ1) is 40.7. The fourth-order valence-electron chi connectivity index (χ4n) is 6.84. The molecule has 6 aromatic carbocycles. The number of hydrogen-bond donors (Lipinski definition) is 0. The molecule has 0 amide bonds. The van der Waals surface area contributed by atoms with Gasteiger partial charge in [0.1, 0.15) is 0 Å². The molecule has 0 saturated carbocycles. The van der Waals surface area contributed by atoms with Gasteiger partial charge in [-0.25, -0.2) is 12.2 Å². The van der Waals surface area contributed by atoms with Crippen LogP contribution in [0.2, 0.25) is 0 Å². The Labute approximate surface area is 365 Å². The van der Waals surface area contributed by atoms with Crippen LogP contribution in [0.4, 0.5) is 0 Å². The molecule has 0 aliphatic heterocycles. The molecule has 0 radical (unpaired) electrons. The summed E-state index contributed by atoms with van der Waals surface area (Å²) < 4.78 is 3.99. The average molecular weight is 1000 g/mol. The second kappa shape index (κ2) is 17.9. The van der Waals surface area contributed by atoms with E-state index in [9.17, 15) is 0 Å². The van der Waals surface area contributed by atoms with Crippen molar-refractivity contribution in [2.75, 3.05) is 0 Å². The molecule has 6 aromatic rings. The van der Waals surface area contributed by atoms with Gasteiger partial charge in [-0.1, -0.05) is 131 Å². The topological polar surface area (TPSA) is 0 Å². The van der Waals surface area contributed by atoms with Crippen LogP contribution in [0.15, 0.2) is 146 Å². The molecule has 0 fully saturated rings. The van der Waals surface area contributed by atoms with Crippen molar-refractivity contribution in [3.63, 3.8) is 0 Å². The maximum atomic E-state index is 3.88. The van der Waals surface area contributed by atoms with Crippen molar-refractivity contribution >= 4 is 48.4 Å². The fourth-order valence-corrected chi connectivity index (χ4v) is 8.38. The third-order valence-electron chi connectivity index (χ3n) is 9.67. The second-order valence-electron chi connectivity index (χ2n) is 15.8. The molecule has 0 unspecified atom stereocenters. The zero-order valence-electron chi connectivity index (χ0n) is 32.0. The van der Waals surface area contributed by atoms with Crippen molar-refractivity contribution in [1.29, 1.82) is 0 Å². The normalized spacial score (nSPS) is 12.6. The molecule has 54 heavy (non-hydrogen) atoms. The molecule has 0 aromatic heterocycles. The van der Waals surface area contributed by atoms with Crippen LogP contribution in [-0.4, -0.2) is 3.21 Å². The van der Waals surface area contributed by atoms with E-state index in [1.54, 1.807) is 0 Å². The van der Waals surface area contributed by atoms with Gasteiger partial charge in [-0.3, -0.25) is 6.08 Å². The van der Waals surface area contributed by atoms with E-state index in [1.807, 2.05) is 12.2 Å². The van der Waals surface area contributed by atoms with Gasteiger partial charge in [0.2, 0.25) is 0 Å². The first-order chi connectivity index (χ1) is 25.8. The van der Waals surface area contributed by atoms with Crippen molar-refractivity contribution < 1.29 is 24.2 Å². The van der Waals surface area contributed by atoms with Crippen molar-refractivity contribution in [2.45, 2.75) is 65.2 Å². The summed E-state index contributed by atoms with van der Waals surface area (Å²) in [5, 5.41) is 0. The van der Waals surface area contributed by atoms with Gasteiger partial charge >= 0.3 is 139 Å². The number of hydrogen-bond acceptors (Lipinski definition) is 0. The third-order valence-corrected chi connectivity index (χ3v) is 12.5. The summed E-state index contributed by atoms with van der Waals surface area (Å²) in [4.78, 5) is 0. The number of benzene rings is 6. The molecule has 0 atom stereocenters. The van der Waals surface area contributed by atoms with Crippen LogP contribution in [0, 0.1) is 19.3 Å². The molecule has 3 heteroatoms. The van der Waals surface area contributed by atoms with Crippen molar-refractivity contribution in [3.05, 3.63) is 198 Å². The van der Waals surface area contributed by atoms with E-state index in [1.165, 1.54) is 101 Å². The Hall–Kier alpha value is -2.99. The van der Waals surface area contributed by atoms with Gasteiger partial charge < -0.3 is 0 Å². The molecule has 0 nitrogen and oxygen atoms in total. The molecule has 0 spiro atoms. The minimum absolute atomic E-state index is 0.0380. The minimum atomic E-state index is 0.0380. The predicted octanol–water partition coefficient (Wildman–Crippen LogP) is 14.3. The second-order valence-corrected chi connectivity index (χ2v) is 19.5. The Bertz CT molecular complexity index is 2120. The molecule has 2 aliphatic carbocycles. The van der Waals surface area contributed by atoms with Crippen molar-refractivity contribution in [3.8, 4) is 33.4 Å². The van der Waals surface area contributed by atoms with Crippen LogP contribution in [0.1, 0.15) is 81.3 Å². The molecular formula is C51H46I2Zr. The molecular weight excluding hydrogens is 958 g/mol. The summed E-state index contributed by atoms with van der Waals surface area (Å²) in [6.07, 6.45) is 10.9. The molecule has 268 valence electrons. The molecule has 0 bridgehead atoms. The Morgan fingerprint density at radius 3 is 1.57 bits per heavy atom. The van der Waals surface area contributed by atoms with Gasteiger partial charge in [0, 0.05) is 0 Å². The van der Waals surface area contributed by atoms with E-state index in [4.69, 9.17) is 0 Å². The zero-order valence-corrected chi connectivity index (χ0v) is 38.8. The van der Waals surface area contributed by atoms with Gasteiger partial charge in [0.25, 0.3) is 0 Å². The summed E-state index contributed by atoms with van der Waals surface area (Å²) in [5.41, 5.74) is 16.2. The maximum absolute atomic E-state index is 3.88. The SMILES string of the molecule is CC(C)(C)c1cc2c([c-]c1-c1ccccc1)Cc1cc(-c3ccccc3)c(C(C)(C)C)cc1-2.[C-]1=CC=CC1.[Zr+2]=[C](c1ccc(I)cc1)c1ccc(I)cc1. The molecule has 0 N–H and O–H groups in total. The van der Waals surface area contributed by atoms with Crippen LogP contribution in [0.25, 0.3) is 33.4 Å². The van der Waals surface area contributed by atoms with E-state index >= 15 is 0 Å². The Kier molecular flexibility index (Phi) is 13.5. The number of rotatable bonds is 4. The van der Waals surface area contributed by atoms with Gasteiger partial charge in [-0.05, 0) is 39.5 Å². The molecule has 0 saturated heterocycles. The summed E-state index contributed by atoms with van der Waals surface area (Å²) in [5.74, 6) is 0. The summed E-state index contributed by atoms with van der Waals surface area (Å²) in [6, 6.07) is 50.3. The summed E-state index contributed by atoms with van der Waals surface area (Å²) in [6.45, 7) is 13.9. The van der Waals surface area contributed by atoms with Crippen LogP contribution < -0.4 is 0 Å². The van der Waals surface area contributed by atoms with Crippen LogP contribution in [0.5, 0.6) is 0 Å². The van der Waals surface area contributed by atoms with E-state index in [0.29, 0.717) is 0 Å². The Morgan fingerprint density at radius 1 is 0.593 bits per heavy atom. The van der Waals surface area contributed by atoms with Gasteiger partial charge in [-0.15, -0.1) is 35.2 Å². The zero-order chi connectivity index (χ0) is 38.5. The Balaban J connectivity index is 0.000000195. The number of allylic oxidation sites excluding steroid dienone is 4. The van der Waals surface area contributed by atoms with Gasteiger partial charge in [-0.2, -0.15) is 6.08 Å². The first-order valence-electron chi connectivity index (χ1n) is 18.5. The number of halogens is 2. The quantitative estimate of drug-likeness (QED) is 0.122. The number of fused-ring (bicyclic) bond motifs is 3. The van der Waals surface area contributed by atoms with Crippen LogP contribution >= 0.6 is 45.2 Å². The van der Waals surface area contributed by atoms with Crippen LogP contribution in [-0.2, 0) is 41.5 Å². The Morgan fingerprint density at radius 2 is 1.11 bits per heavy atom. The van der Waals surface area contributed by atoms with E-state index in [0.717, 1.165) is 12.8 Å². The van der Waals surface area contributed by atoms with E-state index in [-0.39, 0.29) is 10.8 Å². The van der Waals surface area contributed by atoms with Crippen LogP contribution in [0.3, 0.4) is 0 Å². The van der Waals surface area contributed by atoms with E-state index in [2.05, 4.69) is 232 Å². The monoisotopic (exact) mass is 1000 g/mol. The van der Waals surface area contributed by atoms with Gasteiger partial charge in [0.05, 0.1) is 0 Å². The first-order valence-corrected chi connectivity index (χ1v) is 21.9. The van der Waals surface area contributed by atoms with Crippen molar-refractivity contribution in [1.82, 2.24) is 0 Å². The van der Waals surface area contributed by atoms with E-state index < -0.39 is 0 Å². The molecule has 0 heterocycles. The van der Waals surface area contributed by atoms with Gasteiger partial charge in [0.15, 0.2) is 0 Å². The summed E-state index contributed by atoms with van der Waals surface area (Å²) >= 11 is 6.13. The third kappa shape index (κ3) is 10.1. The average Bonchev–Trinajstić information content (AvgIpc) is 3.86. The summed E-state index contributed by atoms with van der Waals surface area (Å²) in [7, 11) is 0. The van der Waals surface area contributed by atoms with Crippen molar-refractivity contribution in [2.24, 2.45) is 0 Å². The standard InChI is InChI=1S/C33H33.C13H8I2.C5H5.Zr/c1-32(2,3)30-20-26-24(18-28(30)22-13-9-7-10-14-22)17-25-19-29(23-15-11-8-12-16-23)31(21-27(25)26)33(4,5)6;14-12-5-1-10(2-6-12)9-11-3-7-13(15)8-4-11;1-2-4-5-3-1;/h7-16,18,20-21H,17H2,1-6H3;1-8H;1-3H,4H2;/q-1;;-1;+2.